The Morgan fingerprint density at radius 1 is 1.16 bits per heavy atom. The van der Waals surface area contributed by atoms with Crippen LogP contribution in [0.2, 0.25) is 0 Å². The van der Waals surface area contributed by atoms with Crippen molar-refractivity contribution in [2.75, 3.05) is 16.8 Å². The average Bonchev–Trinajstić information content (AvgIpc) is 3.36. The second-order valence-electron chi connectivity index (χ2n) is 5.57. The third-order valence-electron chi connectivity index (χ3n) is 3.93. The van der Waals surface area contributed by atoms with E-state index in [1.54, 1.807) is 40.5 Å². The Kier molecular flexibility index (Phi) is 4.29. The fourth-order valence-corrected chi connectivity index (χ4v) is 4.11. The average molecular weight is 370 g/mol. The van der Waals surface area contributed by atoms with Gasteiger partial charge >= 0.3 is 0 Å². The van der Waals surface area contributed by atoms with Gasteiger partial charge in [0.1, 0.15) is 5.01 Å². The van der Waals surface area contributed by atoms with E-state index in [9.17, 15) is 9.59 Å². The first-order valence-electron chi connectivity index (χ1n) is 7.78. The van der Waals surface area contributed by atoms with Gasteiger partial charge in [0.25, 0.3) is 5.91 Å². The molecule has 3 aromatic rings. The molecule has 4 rings (SSSR count). The van der Waals surface area contributed by atoms with Crippen molar-refractivity contribution in [2.24, 2.45) is 0 Å². The van der Waals surface area contributed by atoms with Crippen LogP contribution in [0.3, 0.4) is 0 Å². The van der Waals surface area contributed by atoms with Crippen LogP contribution in [-0.2, 0) is 4.79 Å². The quantitative estimate of drug-likeness (QED) is 0.761. The van der Waals surface area contributed by atoms with E-state index < -0.39 is 0 Å². The Hall–Kier alpha value is -2.58. The number of benzene rings is 1. The molecule has 126 valence electrons. The van der Waals surface area contributed by atoms with Crippen molar-refractivity contribution in [1.29, 1.82) is 0 Å². The van der Waals surface area contributed by atoms with E-state index in [4.69, 9.17) is 0 Å². The summed E-state index contributed by atoms with van der Waals surface area (Å²) in [5.41, 5.74) is 2.35. The highest BCUT2D eigenvalue weighted by atomic mass is 32.1. The van der Waals surface area contributed by atoms with Crippen molar-refractivity contribution in [3.63, 3.8) is 0 Å². The maximum atomic E-state index is 12.4. The summed E-state index contributed by atoms with van der Waals surface area (Å²) in [7, 11) is 0. The van der Waals surface area contributed by atoms with Gasteiger partial charge in [-0.25, -0.2) is 0 Å². The maximum absolute atomic E-state index is 12.4. The lowest BCUT2D eigenvalue weighted by Crippen LogP contribution is -2.23. The highest BCUT2D eigenvalue weighted by Crippen LogP contribution is 2.28. The molecular weight excluding hydrogens is 356 g/mol. The fraction of sp³-hybridized carbons (Fsp3) is 0.176. The van der Waals surface area contributed by atoms with E-state index in [-0.39, 0.29) is 11.8 Å². The van der Waals surface area contributed by atoms with Crippen LogP contribution in [-0.4, -0.2) is 28.6 Å². The Bertz CT molecular complexity index is 903. The summed E-state index contributed by atoms with van der Waals surface area (Å²) >= 11 is 2.93. The summed E-state index contributed by atoms with van der Waals surface area (Å²) < 4.78 is 0. The van der Waals surface area contributed by atoms with Crippen LogP contribution < -0.4 is 10.2 Å². The monoisotopic (exact) mass is 370 g/mol. The molecule has 1 N–H and O–H groups in total. The smallest absolute Gasteiger partial charge is 0.257 e. The van der Waals surface area contributed by atoms with Crippen molar-refractivity contribution in [1.82, 2.24) is 10.2 Å². The Morgan fingerprint density at radius 2 is 2.00 bits per heavy atom. The fourth-order valence-electron chi connectivity index (χ4n) is 2.66. The largest absolute Gasteiger partial charge is 0.312 e. The van der Waals surface area contributed by atoms with Crippen LogP contribution >= 0.6 is 22.7 Å². The first-order valence-corrected chi connectivity index (χ1v) is 9.54. The minimum absolute atomic E-state index is 0.132. The normalized spacial score (nSPS) is 14.1. The second kappa shape index (κ2) is 6.73. The number of amides is 2. The maximum Gasteiger partial charge on any atom is 0.257 e. The van der Waals surface area contributed by atoms with Crippen LogP contribution in [0.4, 0.5) is 10.8 Å². The molecule has 3 heterocycles. The van der Waals surface area contributed by atoms with Crippen LogP contribution in [0.25, 0.3) is 10.6 Å². The van der Waals surface area contributed by atoms with Gasteiger partial charge in [-0.1, -0.05) is 11.3 Å². The third kappa shape index (κ3) is 3.31. The van der Waals surface area contributed by atoms with Gasteiger partial charge in [0.2, 0.25) is 11.0 Å². The molecule has 25 heavy (non-hydrogen) atoms. The van der Waals surface area contributed by atoms with E-state index in [1.165, 1.54) is 11.3 Å². The third-order valence-corrected chi connectivity index (χ3v) is 5.50. The lowest BCUT2D eigenvalue weighted by Gasteiger charge is -2.15. The highest BCUT2D eigenvalue weighted by molar-refractivity contribution is 7.19. The zero-order valence-electron chi connectivity index (χ0n) is 13.1. The molecule has 6 nitrogen and oxygen atoms in total. The number of aromatic nitrogens is 2. The zero-order valence-corrected chi connectivity index (χ0v) is 14.8. The number of carbonyl (C=O) groups excluding carboxylic acids is 2. The van der Waals surface area contributed by atoms with Crippen LogP contribution in [0.1, 0.15) is 23.2 Å². The van der Waals surface area contributed by atoms with Crippen molar-refractivity contribution >= 4 is 45.3 Å². The second-order valence-corrected chi connectivity index (χ2v) is 7.33. The molecule has 0 unspecified atom stereocenters. The molecule has 2 aromatic heterocycles. The number of thiophene rings is 1. The molecule has 1 aliphatic rings. The number of anilines is 2. The molecule has 8 heteroatoms. The first kappa shape index (κ1) is 15.9. The van der Waals surface area contributed by atoms with E-state index in [2.05, 4.69) is 15.5 Å². The van der Waals surface area contributed by atoms with Crippen molar-refractivity contribution < 1.29 is 9.59 Å². The summed E-state index contributed by atoms with van der Waals surface area (Å²) in [4.78, 5) is 25.9. The van der Waals surface area contributed by atoms with Gasteiger partial charge in [-0.3, -0.25) is 14.9 Å². The topological polar surface area (TPSA) is 75.2 Å². The number of rotatable bonds is 4. The minimum atomic E-state index is -0.243. The molecule has 1 fully saturated rings. The molecule has 1 saturated heterocycles. The Morgan fingerprint density at radius 3 is 2.68 bits per heavy atom. The van der Waals surface area contributed by atoms with Gasteiger partial charge in [0, 0.05) is 35.2 Å². The van der Waals surface area contributed by atoms with Gasteiger partial charge in [0.15, 0.2) is 0 Å². The van der Waals surface area contributed by atoms with Gasteiger partial charge in [-0.2, -0.15) is 11.3 Å². The lowest BCUT2D eigenvalue weighted by atomic mass is 10.2. The first-order chi connectivity index (χ1) is 12.2. The van der Waals surface area contributed by atoms with Crippen LogP contribution in [0, 0.1) is 0 Å². The molecule has 1 aliphatic heterocycles. The van der Waals surface area contributed by atoms with E-state index >= 15 is 0 Å². The van der Waals surface area contributed by atoms with Gasteiger partial charge in [0.05, 0.1) is 0 Å². The summed E-state index contributed by atoms with van der Waals surface area (Å²) in [5, 5.41) is 16.1. The van der Waals surface area contributed by atoms with Crippen LogP contribution in [0.15, 0.2) is 41.1 Å². The molecule has 0 bridgehead atoms. The zero-order chi connectivity index (χ0) is 17.2. The summed E-state index contributed by atoms with van der Waals surface area (Å²) in [6, 6.07) is 9.01. The van der Waals surface area contributed by atoms with Crippen LogP contribution in [0.5, 0.6) is 0 Å². The van der Waals surface area contributed by atoms with Crippen molar-refractivity contribution in [3.05, 3.63) is 46.7 Å². The molecular formula is C17H14N4O2S2. The van der Waals surface area contributed by atoms with E-state index in [1.807, 2.05) is 16.8 Å². The standard InChI is InChI=1S/C17H14N4O2S2/c22-14-2-1-8-21(14)13-5-3-11(4-6-13)15(23)18-17-20-19-16(25-17)12-7-9-24-10-12/h3-7,9-10H,1-2,8H2,(H,18,20,23). The number of hydrogen-bond acceptors (Lipinski definition) is 6. The predicted octanol–water partition coefficient (Wildman–Crippen LogP) is 3.65. The minimum Gasteiger partial charge on any atom is -0.312 e. The molecule has 1 aromatic carbocycles. The van der Waals surface area contributed by atoms with Gasteiger partial charge < -0.3 is 4.90 Å². The molecule has 0 radical (unpaired) electrons. The highest BCUT2D eigenvalue weighted by Gasteiger charge is 2.21. The number of hydrogen-bond donors (Lipinski definition) is 1. The lowest BCUT2D eigenvalue weighted by molar-refractivity contribution is -0.117. The van der Waals surface area contributed by atoms with Crippen molar-refractivity contribution in [3.8, 4) is 10.6 Å². The van der Waals surface area contributed by atoms with Crippen molar-refractivity contribution in [2.45, 2.75) is 12.8 Å². The molecule has 0 saturated carbocycles. The van der Waals surface area contributed by atoms with E-state index in [0.717, 1.165) is 29.2 Å². The van der Waals surface area contributed by atoms with Gasteiger partial charge in [-0.05, 0) is 42.1 Å². The number of carbonyl (C=O) groups is 2. The number of nitrogens with zero attached hydrogens (tertiary/aromatic N) is 3. The summed E-state index contributed by atoms with van der Waals surface area (Å²) in [6.45, 7) is 0.737. The SMILES string of the molecule is O=C(Nc1nnc(-c2ccsc2)s1)c1ccc(N2CCCC2=O)cc1. The molecule has 0 atom stereocenters. The molecule has 0 aliphatic carbocycles. The molecule has 2 amide bonds. The predicted molar refractivity (Wildman–Crippen MR) is 99.2 cm³/mol. The summed E-state index contributed by atoms with van der Waals surface area (Å²) in [6.07, 6.45) is 1.47. The number of nitrogens with one attached hydrogen (secondary N) is 1. The summed E-state index contributed by atoms with van der Waals surface area (Å²) in [5.74, 6) is -0.112. The van der Waals surface area contributed by atoms with E-state index in [0.29, 0.717) is 17.1 Å². The van der Waals surface area contributed by atoms with Gasteiger partial charge in [-0.15, -0.1) is 10.2 Å². The Labute approximate surface area is 152 Å². The Balaban J connectivity index is 1.45. The molecule has 0 spiro atoms.